The third-order valence-corrected chi connectivity index (χ3v) is 5.68. The van der Waals surface area contributed by atoms with Gasteiger partial charge in [0.25, 0.3) is 10.2 Å². The molecule has 2 N–H and O–H groups in total. The Kier molecular flexibility index (Phi) is 8.90. The van der Waals surface area contributed by atoms with E-state index in [9.17, 15) is 8.42 Å². The van der Waals surface area contributed by atoms with Crippen LogP contribution in [-0.4, -0.2) is 44.4 Å². The summed E-state index contributed by atoms with van der Waals surface area (Å²) in [4.78, 5) is 0. The van der Waals surface area contributed by atoms with Crippen LogP contribution in [0.2, 0.25) is 0 Å². The summed E-state index contributed by atoms with van der Waals surface area (Å²) in [6, 6.07) is 0.433. The van der Waals surface area contributed by atoms with Crippen molar-refractivity contribution in [2.24, 2.45) is 0 Å². The molecule has 0 aromatic carbocycles. The molecule has 0 aliphatic heterocycles. The van der Waals surface area contributed by atoms with Crippen molar-refractivity contribution in [3.8, 4) is 0 Å². The summed E-state index contributed by atoms with van der Waals surface area (Å²) in [5.74, 6) is 0. The van der Waals surface area contributed by atoms with Gasteiger partial charge in [-0.05, 0) is 32.2 Å². The average Bonchev–Trinajstić information content (AvgIpc) is 2.40. The Morgan fingerprint density at radius 2 is 1.60 bits per heavy atom. The first kappa shape index (κ1) is 19.8. The first-order valence-electron chi connectivity index (χ1n) is 7.71. The fourth-order valence-electron chi connectivity index (χ4n) is 2.13. The molecule has 5 nitrogen and oxygen atoms in total. The van der Waals surface area contributed by atoms with Crippen molar-refractivity contribution in [3.63, 3.8) is 0 Å². The van der Waals surface area contributed by atoms with E-state index in [1.165, 1.54) is 4.31 Å². The van der Waals surface area contributed by atoms with E-state index in [-0.39, 0.29) is 5.54 Å². The molecule has 0 unspecified atom stereocenters. The summed E-state index contributed by atoms with van der Waals surface area (Å²) in [5, 5.41) is 3.29. The largest absolute Gasteiger partial charge is 0.314 e. The zero-order valence-corrected chi connectivity index (χ0v) is 14.8. The maximum absolute atomic E-state index is 12.3. The third-order valence-electron chi connectivity index (χ3n) is 3.99. The molecule has 0 saturated heterocycles. The Morgan fingerprint density at radius 1 is 1.10 bits per heavy atom. The summed E-state index contributed by atoms with van der Waals surface area (Å²) in [5.41, 5.74) is -0.316. The highest BCUT2D eigenvalue weighted by atomic mass is 32.2. The Hall–Kier alpha value is -0.170. The van der Waals surface area contributed by atoms with Gasteiger partial charge in [-0.2, -0.15) is 17.4 Å². The highest BCUT2D eigenvalue weighted by Crippen LogP contribution is 2.21. The van der Waals surface area contributed by atoms with Crippen LogP contribution in [0.15, 0.2) is 0 Å². The van der Waals surface area contributed by atoms with Crippen molar-refractivity contribution in [1.82, 2.24) is 14.3 Å². The first-order valence-corrected chi connectivity index (χ1v) is 9.15. The van der Waals surface area contributed by atoms with E-state index in [1.54, 1.807) is 7.05 Å². The summed E-state index contributed by atoms with van der Waals surface area (Å²) in [7, 11) is -1.76. The van der Waals surface area contributed by atoms with Gasteiger partial charge in [0.2, 0.25) is 0 Å². The van der Waals surface area contributed by atoms with Crippen LogP contribution in [0.5, 0.6) is 0 Å². The van der Waals surface area contributed by atoms with Crippen molar-refractivity contribution < 1.29 is 8.42 Å². The molecule has 0 aliphatic carbocycles. The zero-order chi connectivity index (χ0) is 15.8. The highest BCUT2D eigenvalue weighted by molar-refractivity contribution is 7.87. The molecule has 0 rings (SSSR count). The van der Waals surface area contributed by atoms with Crippen molar-refractivity contribution >= 4 is 10.2 Å². The lowest BCUT2D eigenvalue weighted by atomic mass is 9.91. The quantitative estimate of drug-likeness (QED) is 0.575. The first-order chi connectivity index (χ1) is 9.23. The van der Waals surface area contributed by atoms with Gasteiger partial charge in [0.15, 0.2) is 0 Å². The van der Waals surface area contributed by atoms with Crippen LogP contribution in [0.3, 0.4) is 0 Å². The van der Waals surface area contributed by atoms with Crippen LogP contribution >= 0.6 is 0 Å². The van der Waals surface area contributed by atoms with Crippen LogP contribution in [-0.2, 0) is 10.2 Å². The lowest BCUT2D eigenvalue weighted by molar-refractivity contribution is 0.326. The van der Waals surface area contributed by atoms with Gasteiger partial charge in [-0.1, -0.05) is 34.6 Å². The normalized spacial score (nSPS) is 13.4. The molecule has 0 aromatic heterocycles. The van der Waals surface area contributed by atoms with Gasteiger partial charge in [0.05, 0.1) is 0 Å². The van der Waals surface area contributed by atoms with E-state index in [0.29, 0.717) is 12.6 Å². The molecule has 0 aliphatic rings. The number of nitrogens with zero attached hydrogens (tertiary/aromatic N) is 1. The average molecular weight is 308 g/mol. The van der Waals surface area contributed by atoms with E-state index in [4.69, 9.17) is 0 Å². The summed E-state index contributed by atoms with van der Waals surface area (Å²) in [6.07, 6.45) is 3.24. The molecule has 122 valence electrons. The van der Waals surface area contributed by atoms with E-state index in [1.807, 2.05) is 20.8 Å². The molecule has 20 heavy (non-hydrogen) atoms. The summed E-state index contributed by atoms with van der Waals surface area (Å²) in [6.45, 7) is 11.6. The molecular formula is C14H33N3O2S. The topological polar surface area (TPSA) is 61.4 Å². The molecule has 0 atom stereocenters. The monoisotopic (exact) mass is 307 g/mol. The predicted molar refractivity (Wildman–Crippen MR) is 86.0 cm³/mol. The molecule has 0 saturated carbocycles. The van der Waals surface area contributed by atoms with Gasteiger partial charge in [0.1, 0.15) is 0 Å². The lowest BCUT2D eigenvalue weighted by Crippen LogP contribution is -2.52. The summed E-state index contributed by atoms with van der Waals surface area (Å²) < 4.78 is 29.0. The Bertz CT molecular complexity index is 343. The van der Waals surface area contributed by atoms with Crippen molar-refractivity contribution in [2.45, 2.75) is 71.9 Å². The van der Waals surface area contributed by atoms with Crippen LogP contribution in [0, 0.1) is 0 Å². The second kappa shape index (κ2) is 8.97. The molecule has 0 amide bonds. The van der Waals surface area contributed by atoms with E-state index in [2.05, 4.69) is 23.9 Å². The van der Waals surface area contributed by atoms with Gasteiger partial charge in [0, 0.05) is 25.2 Å². The number of hydrogen-bond donors (Lipinski definition) is 2. The molecule has 0 bridgehead atoms. The molecule has 0 spiro atoms. The SMILES string of the molecule is CCC(CC)(CC)NS(=O)(=O)N(C)CCCNC(C)C. The minimum absolute atomic E-state index is 0.316. The van der Waals surface area contributed by atoms with Gasteiger partial charge in [-0.15, -0.1) is 0 Å². The van der Waals surface area contributed by atoms with E-state index < -0.39 is 10.2 Å². The number of rotatable bonds is 11. The second-order valence-corrected chi connectivity index (χ2v) is 7.51. The molecule has 6 heteroatoms. The van der Waals surface area contributed by atoms with Crippen molar-refractivity contribution in [2.75, 3.05) is 20.1 Å². The van der Waals surface area contributed by atoms with Crippen LogP contribution in [0.4, 0.5) is 0 Å². The van der Waals surface area contributed by atoms with Crippen molar-refractivity contribution in [3.05, 3.63) is 0 Å². The number of hydrogen-bond acceptors (Lipinski definition) is 3. The van der Waals surface area contributed by atoms with Crippen LogP contribution in [0.25, 0.3) is 0 Å². The maximum Gasteiger partial charge on any atom is 0.279 e. The maximum atomic E-state index is 12.3. The third kappa shape index (κ3) is 6.52. The van der Waals surface area contributed by atoms with Gasteiger partial charge in [-0.3, -0.25) is 0 Å². The number of nitrogens with one attached hydrogen (secondary N) is 2. The summed E-state index contributed by atoms with van der Waals surface area (Å²) >= 11 is 0. The Balaban J connectivity index is 4.48. The van der Waals surface area contributed by atoms with E-state index in [0.717, 1.165) is 32.2 Å². The fraction of sp³-hybridized carbons (Fsp3) is 1.00. The van der Waals surface area contributed by atoms with Gasteiger partial charge < -0.3 is 5.32 Å². The Labute approximate surface area is 125 Å². The van der Waals surface area contributed by atoms with Gasteiger partial charge >= 0.3 is 0 Å². The van der Waals surface area contributed by atoms with Crippen LogP contribution in [0.1, 0.15) is 60.3 Å². The minimum atomic E-state index is -3.40. The predicted octanol–water partition coefficient (Wildman–Crippen LogP) is 2.11. The molecule has 0 fully saturated rings. The Morgan fingerprint density at radius 3 is 2.00 bits per heavy atom. The highest BCUT2D eigenvalue weighted by Gasteiger charge is 2.31. The van der Waals surface area contributed by atoms with Crippen molar-refractivity contribution in [1.29, 1.82) is 0 Å². The molecule has 0 aromatic rings. The lowest BCUT2D eigenvalue weighted by Gasteiger charge is -2.33. The van der Waals surface area contributed by atoms with Crippen LogP contribution < -0.4 is 10.0 Å². The molecular weight excluding hydrogens is 274 g/mol. The second-order valence-electron chi connectivity index (χ2n) is 5.73. The smallest absolute Gasteiger partial charge is 0.279 e. The van der Waals surface area contributed by atoms with E-state index >= 15 is 0 Å². The zero-order valence-electron chi connectivity index (χ0n) is 14.0. The fourth-order valence-corrected chi connectivity index (χ4v) is 3.64. The molecule has 0 heterocycles. The molecule has 0 radical (unpaired) electrons. The minimum Gasteiger partial charge on any atom is -0.314 e. The standard InChI is InChI=1S/C14H33N3O2S/c1-7-14(8-2,9-3)16-20(18,19)17(6)12-10-11-15-13(4)5/h13,15-16H,7-12H2,1-6H3. The van der Waals surface area contributed by atoms with Gasteiger partial charge in [-0.25, -0.2) is 0 Å².